The van der Waals surface area contributed by atoms with E-state index in [1.807, 2.05) is 65.6 Å². The van der Waals surface area contributed by atoms with Gasteiger partial charge in [-0.25, -0.2) is 4.79 Å². The van der Waals surface area contributed by atoms with Crippen molar-refractivity contribution in [3.05, 3.63) is 124 Å². The van der Waals surface area contributed by atoms with Crippen molar-refractivity contribution in [1.29, 1.82) is 0 Å². The van der Waals surface area contributed by atoms with E-state index in [0.717, 1.165) is 28.0 Å². The van der Waals surface area contributed by atoms with Crippen LogP contribution in [0.2, 0.25) is 0 Å². The van der Waals surface area contributed by atoms with E-state index in [-0.39, 0.29) is 6.03 Å². The van der Waals surface area contributed by atoms with Gasteiger partial charge < -0.3 is 14.8 Å². The maximum absolute atomic E-state index is 13.3. The zero-order valence-corrected chi connectivity index (χ0v) is 19.6. The van der Waals surface area contributed by atoms with Crippen LogP contribution in [-0.2, 0) is 19.6 Å². The Balaban J connectivity index is 1.57. The van der Waals surface area contributed by atoms with E-state index in [4.69, 9.17) is 0 Å². The number of halogens is 1. The van der Waals surface area contributed by atoms with Crippen LogP contribution in [0.25, 0.3) is 0 Å². The molecule has 0 radical (unpaired) electrons. The monoisotopic (exact) mass is 487 g/mol. The lowest BCUT2D eigenvalue weighted by Gasteiger charge is -2.24. The van der Waals surface area contributed by atoms with Gasteiger partial charge in [0, 0.05) is 29.5 Å². The standard InChI is InChI=1S/C27H26BrN3O/c1-21-10-5-6-13-23(21)19-30-17-9-14-24(30)20-31(18-22-11-3-2-4-12-22)27(32)29-26-16-8-7-15-25(26)28/h2-17H,18-20H2,1H3,(H,29,32). The van der Waals surface area contributed by atoms with Crippen molar-refractivity contribution in [2.45, 2.75) is 26.6 Å². The highest BCUT2D eigenvalue weighted by Crippen LogP contribution is 2.22. The second-order valence-corrected chi connectivity index (χ2v) is 8.66. The number of hydrogen-bond acceptors (Lipinski definition) is 1. The van der Waals surface area contributed by atoms with Gasteiger partial charge in [0.2, 0.25) is 0 Å². The molecule has 3 aromatic carbocycles. The van der Waals surface area contributed by atoms with Crippen molar-refractivity contribution in [2.75, 3.05) is 5.32 Å². The molecule has 0 fully saturated rings. The fourth-order valence-electron chi connectivity index (χ4n) is 3.67. The lowest BCUT2D eigenvalue weighted by Crippen LogP contribution is -2.34. The van der Waals surface area contributed by atoms with Crippen LogP contribution in [0.5, 0.6) is 0 Å². The highest BCUT2D eigenvalue weighted by Gasteiger charge is 2.18. The van der Waals surface area contributed by atoms with E-state index >= 15 is 0 Å². The minimum absolute atomic E-state index is 0.135. The number of nitrogens with zero attached hydrogens (tertiary/aromatic N) is 2. The van der Waals surface area contributed by atoms with Crippen molar-refractivity contribution in [1.82, 2.24) is 9.47 Å². The number of hydrogen-bond donors (Lipinski definition) is 1. The lowest BCUT2D eigenvalue weighted by molar-refractivity contribution is 0.205. The summed E-state index contributed by atoms with van der Waals surface area (Å²) in [6.45, 7) is 3.93. The molecule has 1 aromatic heterocycles. The van der Waals surface area contributed by atoms with Crippen LogP contribution < -0.4 is 5.32 Å². The van der Waals surface area contributed by atoms with Gasteiger partial charge in [-0.2, -0.15) is 0 Å². The van der Waals surface area contributed by atoms with Gasteiger partial charge in [0.25, 0.3) is 0 Å². The van der Waals surface area contributed by atoms with E-state index in [2.05, 4.69) is 69.3 Å². The fraction of sp³-hybridized carbons (Fsp3) is 0.148. The summed E-state index contributed by atoms with van der Waals surface area (Å²) >= 11 is 3.52. The third-order valence-corrected chi connectivity index (χ3v) is 6.19. The minimum Gasteiger partial charge on any atom is -0.345 e. The topological polar surface area (TPSA) is 37.3 Å². The van der Waals surface area contributed by atoms with Gasteiger partial charge in [-0.1, -0.05) is 66.7 Å². The first-order chi connectivity index (χ1) is 15.6. The SMILES string of the molecule is Cc1ccccc1Cn1cccc1CN(Cc1ccccc1)C(=O)Nc1ccccc1Br. The Morgan fingerprint density at radius 3 is 2.38 bits per heavy atom. The van der Waals surface area contributed by atoms with Crippen molar-refractivity contribution in [3.63, 3.8) is 0 Å². The Kier molecular flexibility index (Phi) is 7.07. The summed E-state index contributed by atoms with van der Waals surface area (Å²) in [4.78, 5) is 15.1. The number of rotatable bonds is 7. The highest BCUT2D eigenvalue weighted by atomic mass is 79.9. The number of aromatic nitrogens is 1. The number of anilines is 1. The number of urea groups is 1. The van der Waals surface area contributed by atoms with Crippen LogP contribution in [0, 0.1) is 6.92 Å². The van der Waals surface area contributed by atoms with E-state index in [1.165, 1.54) is 11.1 Å². The first kappa shape index (κ1) is 21.9. The first-order valence-corrected chi connectivity index (χ1v) is 11.4. The summed E-state index contributed by atoms with van der Waals surface area (Å²) in [5, 5.41) is 3.05. The number of amides is 2. The molecule has 0 bridgehead atoms. The number of para-hydroxylation sites is 1. The zero-order valence-electron chi connectivity index (χ0n) is 18.0. The van der Waals surface area contributed by atoms with Crippen LogP contribution in [-0.4, -0.2) is 15.5 Å². The molecule has 0 atom stereocenters. The van der Waals surface area contributed by atoms with Crippen LogP contribution in [0.4, 0.5) is 10.5 Å². The second kappa shape index (κ2) is 10.3. The highest BCUT2D eigenvalue weighted by molar-refractivity contribution is 9.10. The summed E-state index contributed by atoms with van der Waals surface area (Å²) < 4.78 is 3.07. The van der Waals surface area contributed by atoms with Crippen LogP contribution in [0.1, 0.15) is 22.4 Å². The van der Waals surface area contributed by atoms with E-state index in [0.29, 0.717) is 13.1 Å². The second-order valence-electron chi connectivity index (χ2n) is 7.81. The molecule has 0 saturated carbocycles. The third-order valence-electron chi connectivity index (χ3n) is 5.50. The first-order valence-electron chi connectivity index (χ1n) is 10.6. The van der Waals surface area contributed by atoms with Crippen molar-refractivity contribution in [3.8, 4) is 0 Å². The lowest BCUT2D eigenvalue weighted by atomic mass is 10.1. The maximum Gasteiger partial charge on any atom is 0.322 e. The van der Waals surface area contributed by atoms with Gasteiger partial charge in [-0.05, 0) is 63.8 Å². The molecule has 0 unspecified atom stereocenters. The van der Waals surface area contributed by atoms with Gasteiger partial charge in [0.15, 0.2) is 0 Å². The molecular formula is C27H26BrN3O. The van der Waals surface area contributed by atoms with E-state index in [1.54, 1.807) is 0 Å². The molecule has 4 aromatic rings. The van der Waals surface area contributed by atoms with Crippen LogP contribution in [0.15, 0.2) is 102 Å². The van der Waals surface area contributed by atoms with Gasteiger partial charge in [-0.15, -0.1) is 0 Å². The molecule has 0 aliphatic heterocycles. The maximum atomic E-state index is 13.3. The normalized spacial score (nSPS) is 10.7. The van der Waals surface area contributed by atoms with Crippen molar-refractivity contribution >= 4 is 27.6 Å². The molecular weight excluding hydrogens is 462 g/mol. The average molecular weight is 488 g/mol. The molecule has 4 rings (SSSR count). The molecule has 1 heterocycles. The van der Waals surface area contributed by atoms with Gasteiger partial charge in [0.1, 0.15) is 0 Å². The summed E-state index contributed by atoms with van der Waals surface area (Å²) in [5.41, 5.74) is 5.47. The third kappa shape index (κ3) is 5.48. The van der Waals surface area contributed by atoms with Gasteiger partial charge in [-0.3, -0.25) is 0 Å². The number of nitrogens with one attached hydrogen (secondary N) is 1. The largest absolute Gasteiger partial charge is 0.345 e. The van der Waals surface area contributed by atoms with Gasteiger partial charge >= 0.3 is 6.03 Å². The predicted molar refractivity (Wildman–Crippen MR) is 134 cm³/mol. The Morgan fingerprint density at radius 2 is 1.59 bits per heavy atom. The fourth-order valence-corrected chi connectivity index (χ4v) is 4.06. The van der Waals surface area contributed by atoms with Crippen LogP contribution in [0.3, 0.4) is 0 Å². The average Bonchev–Trinajstić information content (AvgIpc) is 3.24. The summed E-state index contributed by atoms with van der Waals surface area (Å²) in [5.74, 6) is 0. The zero-order chi connectivity index (χ0) is 22.3. The van der Waals surface area contributed by atoms with E-state index in [9.17, 15) is 4.79 Å². The minimum atomic E-state index is -0.135. The molecule has 32 heavy (non-hydrogen) atoms. The number of carbonyl (C=O) groups excluding carboxylic acids is 1. The molecule has 0 aliphatic rings. The van der Waals surface area contributed by atoms with Gasteiger partial charge in [0.05, 0.1) is 12.2 Å². The molecule has 4 nitrogen and oxygen atoms in total. The number of carbonyl (C=O) groups is 1. The molecule has 0 spiro atoms. The molecule has 0 saturated heterocycles. The Hall–Kier alpha value is -3.31. The summed E-state index contributed by atoms with van der Waals surface area (Å²) in [7, 11) is 0. The van der Waals surface area contributed by atoms with Crippen LogP contribution >= 0.6 is 15.9 Å². The molecule has 2 amide bonds. The van der Waals surface area contributed by atoms with Crippen molar-refractivity contribution in [2.24, 2.45) is 0 Å². The predicted octanol–water partition coefficient (Wildman–Crippen LogP) is 6.84. The summed E-state index contributed by atoms with van der Waals surface area (Å²) in [6.07, 6.45) is 2.08. The smallest absolute Gasteiger partial charge is 0.322 e. The quantitative estimate of drug-likeness (QED) is 0.304. The Bertz CT molecular complexity index is 1190. The Labute approximate surface area is 197 Å². The van der Waals surface area contributed by atoms with Crippen molar-refractivity contribution < 1.29 is 4.79 Å². The molecule has 0 aliphatic carbocycles. The molecule has 1 N–H and O–H groups in total. The molecule has 5 heteroatoms. The van der Waals surface area contributed by atoms with E-state index < -0.39 is 0 Å². The number of benzene rings is 3. The number of aryl methyl sites for hydroxylation is 1. The molecule has 162 valence electrons. The Morgan fingerprint density at radius 1 is 0.875 bits per heavy atom. The summed E-state index contributed by atoms with van der Waals surface area (Å²) in [6, 6.07) is 30.1.